The van der Waals surface area contributed by atoms with Gasteiger partial charge in [0.05, 0.1) is 6.42 Å². The van der Waals surface area contributed by atoms with Gasteiger partial charge in [0.2, 0.25) is 11.8 Å². The fraction of sp³-hybridized carbons (Fsp3) is 0.286. The molecule has 0 unspecified atom stereocenters. The molecule has 2 N–H and O–H groups in total. The summed E-state index contributed by atoms with van der Waals surface area (Å²) in [5.41, 5.74) is 1.58. The molecule has 1 fully saturated rings. The first-order valence-corrected chi connectivity index (χ1v) is 9.23. The van der Waals surface area contributed by atoms with Crippen molar-refractivity contribution in [2.75, 3.05) is 18.4 Å². The van der Waals surface area contributed by atoms with Crippen LogP contribution in [0.1, 0.15) is 18.4 Å². The number of amides is 1. The van der Waals surface area contributed by atoms with Gasteiger partial charge in [-0.15, -0.1) is 0 Å². The monoisotopic (exact) mass is 362 g/mol. The molecule has 0 atom stereocenters. The van der Waals surface area contributed by atoms with Gasteiger partial charge in [-0.3, -0.25) is 9.78 Å². The van der Waals surface area contributed by atoms with Gasteiger partial charge in [0.15, 0.2) is 0 Å². The fourth-order valence-corrected chi connectivity index (χ4v) is 3.36. The Morgan fingerprint density at radius 2 is 2.04 bits per heavy atom. The first-order chi connectivity index (χ1) is 13.3. The minimum Gasteiger partial charge on any atom is -0.473 e. The lowest BCUT2D eigenvalue weighted by molar-refractivity contribution is -0.115. The van der Waals surface area contributed by atoms with Crippen LogP contribution in [0, 0.1) is 0 Å². The SMILES string of the molecule is O=C(Cc1cccc2cnccc12)Nc1cccnc1OC1CCNCC1. The van der Waals surface area contributed by atoms with Gasteiger partial charge in [0, 0.05) is 24.0 Å². The molecule has 6 heteroatoms. The van der Waals surface area contributed by atoms with Crippen LogP contribution in [0.5, 0.6) is 5.88 Å². The van der Waals surface area contributed by atoms with E-state index in [9.17, 15) is 4.79 Å². The van der Waals surface area contributed by atoms with Gasteiger partial charge >= 0.3 is 0 Å². The highest BCUT2D eigenvalue weighted by atomic mass is 16.5. The summed E-state index contributed by atoms with van der Waals surface area (Å²) in [5, 5.41) is 8.34. The number of pyridine rings is 2. The van der Waals surface area contributed by atoms with Crippen LogP contribution in [-0.2, 0) is 11.2 Å². The molecule has 2 aromatic heterocycles. The van der Waals surface area contributed by atoms with Crippen molar-refractivity contribution in [1.29, 1.82) is 0 Å². The molecule has 0 radical (unpaired) electrons. The first kappa shape index (κ1) is 17.4. The summed E-state index contributed by atoms with van der Waals surface area (Å²) >= 11 is 0. The number of rotatable bonds is 5. The van der Waals surface area contributed by atoms with Crippen LogP contribution in [0.15, 0.2) is 55.0 Å². The van der Waals surface area contributed by atoms with Crippen LogP contribution >= 0.6 is 0 Å². The molecule has 1 aromatic carbocycles. The van der Waals surface area contributed by atoms with Gasteiger partial charge in [-0.25, -0.2) is 4.98 Å². The van der Waals surface area contributed by atoms with Crippen LogP contribution in [0.25, 0.3) is 10.8 Å². The summed E-state index contributed by atoms with van der Waals surface area (Å²) in [6.45, 7) is 1.88. The van der Waals surface area contributed by atoms with E-state index in [1.54, 1.807) is 18.5 Å². The molecule has 1 aliphatic rings. The van der Waals surface area contributed by atoms with Crippen molar-refractivity contribution in [3.05, 3.63) is 60.6 Å². The number of carbonyl (C=O) groups excluding carboxylic acids is 1. The summed E-state index contributed by atoms with van der Waals surface area (Å²) in [5.74, 6) is 0.391. The average Bonchev–Trinajstić information content (AvgIpc) is 2.71. The Balaban J connectivity index is 1.48. The quantitative estimate of drug-likeness (QED) is 0.730. The van der Waals surface area contributed by atoms with E-state index in [2.05, 4.69) is 20.6 Å². The molecule has 0 saturated carbocycles. The Hall–Kier alpha value is -2.99. The number of ether oxygens (including phenoxy) is 1. The number of hydrogen-bond donors (Lipinski definition) is 2. The third-order valence-corrected chi connectivity index (χ3v) is 4.73. The van der Waals surface area contributed by atoms with Gasteiger partial charge in [-0.1, -0.05) is 18.2 Å². The van der Waals surface area contributed by atoms with Gasteiger partial charge < -0.3 is 15.4 Å². The molecule has 0 bridgehead atoms. The van der Waals surface area contributed by atoms with E-state index in [0.29, 0.717) is 11.6 Å². The van der Waals surface area contributed by atoms with Gasteiger partial charge in [-0.05, 0) is 55.1 Å². The molecule has 1 aliphatic heterocycles. The van der Waals surface area contributed by atoms with E-state index in [0.717, 1.165) is 42.3 Å². The average molecular weight is 362 g/mol. The van der Waals surface area contributed by atoms with Gasteiger partial charge in [0.25, 0.3) is 0 Å². The van der Waals surface area contributed by atoms with Crippen molar-refractivity contribution < 1.29 is 9.53 Å². The zero-order chi connectivity index (χ0) is 18.5. The maximum absolute atomic E-state index is 12.6. The smallest absolute Gasteiger partial charge is 0.238 e. The van der Waals surface area contributed by atoms with Crippen molar-refractivity contribution in [2.24, 2.45) is 0 Å². The largest absolute Gasteiger partial charge is 0.473 e. The summed E-state index contributed by atoms with van der Waals surface area (Å²) in [6, 6.07) is 11.5. The van der Waals surface area contributed by atoms with E-state index < -0.39 is 0 Å². The number of carbonyl (C=O) groups is 1. The zero-order valence-corrected chi connectivity index (χ0v) is 15.0. The van der Waals surface area contributed by atoms with Gasteiger partial charge in [0.1, 0.15) is 11.8 Å². The standard InChI is InChI=1S/C21H22N4O2/c26-20(13-15-3-1-4-16-14-23-12-8-18(15)16)25-19-5-2-9-24-21(19)27-17-6-10-22-11-7-17/h1-5,8-9,12,14,17,22H,6-7,10-11,13H2,(H,25,26). The Labute approximate surface area is 158 Å². The van der Waals surface area contributed by atoms with Crippen LogP contribution in [-0.4, -0.2) is 35.1 Å². The normalized spacial score (nSPS) is 14.8. The lowest BCUT2D eigenvalue weighted by atomic mass is 10.0. The number of hydrogen-bond acceptors (Lipinski definition) is 5. The second-order valence-electron chi connectivity index (χ2n) is 6.66. The minimum absolute atomic E-state index is 0.0949. The molecule has 4 rings (SSSR count). The summed E-state index contributed by atoms with van der Waals surface area (Å²) in [7, 11) is 0. The second kappa shape index (κ2) is 8.14. The Morgan fingerprint density at radius 1 is 1.15 bits per heavy atom. The number of aromatic nitrogens is 2. The number of fused-ring (bicyclic) bond motifs is 1. The first-order valence-electron chi connectivity index (χ1n) is 9.23. The third kappa shape index (κ3) is 4.23. The van der Waals surface area contributed by atoms with Crippen molar-refractivity contribution >= 4 is 22.4 Å². The van der Waals surface area contributed by atoms with E-state index in [-0.39, 0.29) is 18.4 Å². The molecular weight excluding hydrogens is 340 g/mol. The predicted octanol–water partition coefficient (Wildman–Crippen LogP) is 2.94. The van der Waals surface area contributed by atoms with E-state index in [1.807, 2.05) is 36.5 Å². The number of benzene rings is 1. The summed E-state index contributed by atoms with van der Waals surface area (Å²) < 4.78 is 6.03. The van der Waals surface area contributed by atoms with Crippen molar-refractivity contribution in [1.82, 2.24) is 15.3 Å². The van der Waals surface area contributed by atoms with Crippen molar-refractivity contribution in [2.45, 2.75) is 25.4 Å². The fourth-order valence-electron chi connectivity index (χ4n) is 3.36. The van der Waals surface area contributed by atoms with Crippen molar-refractivity contribution in [3.8, 4) is 5.88 Å². The lowest BCUT2D eigenvalue weighted by Gasteiger charge is -2.24. The molecule has 0 aliphatic carbocycles. The number of nitrogens with one attached hydrogen (secondary N) is 2. The molecule has 1 saturated heterocycles. The molecule has 27 heavy (non-hydrogen) atoms. The molecule has 3 heterocycles. The number of anilines is 1. The van der Waals surface area contributed by atoms with Crippen molar-refractivity contribution in [3.63, 3.8) is 0 Å². The molecule has 0 spiro atoms. The van der Waals surface area contributed by atoms with E-state index in [1.165, 1.54) is 0 Å². The van der Waals surface area contributed by atoms with Crippen LogP contribution in [0.2, 0.25) is 0 Å². The Bertz CT molecular complexity index is 933. The zero-order valence-electron chi connectivity index (χ0n) is 15.0. The molecule has 3 aromatic rings. The lowest BCUT2D eigenvalue weighted by Crippen LogP contribution is -2.34. The van der Waals surface area contributed by atoms with Crippen LogP contribution in [0.4, 0.5) is 5.69 Å². The van der Waals surface area contributed by atoms with Crippen LogP contribution < -0.4 is 15.4 Å². The molecule has 1 amide bonds. The maximum atomic E-state index is 12.6. The van der Waals surface area contributed by atoms with E-state index in [4.69, 9.17) is 4.74 Å². The third-order valence-electron chi connectivity index (χ3n) is 4.73. The predicted molar refractivity (Wildman–Crippen MR) is 105 cm³/mol. The Morgan fingerprint density at radius 3 is 2.93 bits per heavy atom. The second-order valence-corrected chi connectivity index (χ2v) is 6.66. The molecule has 138 valence electrons. The molecular formula is C21H22N4O2. The highest BCUT2D eigenvalue weighted by Gasteiger charge is 2.18. The molecule has 6 nitrogen and oxygen atoms in total. The summed E-state index contributed by atoms with van der Waals surface area (Å²) in [6.07, 6.45) is 7.52. The van der Waals surface area contributed by atoms with Gasteiger partial charge in [-0.2, -0.15) is 0 Å². The highest BCUT2D eigenvalue weighted by molar-refractivity contribution is 5.96. The van der Waals surface area contributed by atoms with Crippen LogP contribution in [0.3, 0.4) is 0 Å². The Kier molecular flexibility index (Phi) is 5.25. The summed E-state index contributed by atoms with van der Waals surface area (Å²) in [4.78, 5) is 21.1. The maximum Gasteiger partial charge on any atom is 0.238 e. The number of piperidine rings is 1. The number of nitrogens with zero attached hydrogens (tertiary/aromatic N) is 2. The minimum atomic E-state index is -0.0949. The van der Waals surface area contributed by atoms with E-state index >= 15 is 0 Å². The highest BCUT2D eigenvalue weighted by Crippen LogP contribution is 2.25. The topological polar surface area (TPSA) is 76.1 Å².